The van der Waals surface area contributed by atoms with Crippen LogP contribution in [-0.2, 0) is 0 Å². The van der Waals surface area contributed by atoms with Crippen LogP contribution in [0.2, 0.25) is 5.02 Å². The van der Waals surface area contributed by atoms with Gasteiger partial charge in [0.05, 0.1) is 11.3 Å². The summed E-state index contributed by atoms with van der Waals surface area (Å²) in [5, 5.41) is 13.3. The first kappa shape index (κ1) is 14.0. The first-order valence-corrected chi connectivity index (χ1v) is 7.57. The molecular weight excluding hydrogens is 280 g/mol. The SMILES string of the molecule is Cc1ccccc1C1CC(Nc2cc(Cl)ccc2C#N)C1. The monoisotopic (exact) mass is 296 g/mol. The van der Waals surface area contributed by atoms with Crippen molar-refractivity contribution >= 4 is 17.3 Å². The van der Waals surface area contributed by atoms with Gasteiger partial charge in [-0.1, -0.05) is 35.9 Å². The highest BCUT2D eigenvalue weighted by Crippen LogP contribution is 2.40. The van der Waals surface area contributed by atoms with Crippen LogP contribution in [0.15, 0.2) is 42.5 Å². The van der Waals surface area contributed by atoms with Crippen molar-refractivity contribution in [2.24, 2.45) is 0 Å². The van der Waals surface area contributed by atoms with E-state index in [1.165, 1.54) is 11.1 Å². The van der Waals surface area contributed by atoms with Crippen molar-refractivity contribution in [1.29, 1.82) is 5.26 Å². The standard InChI is InChI=1S/C18H17ClN2/c1-12-4-2-3-5-17(12)14-8-16(9-14)21-18-10-15(19)7-6-13(18)11-20/h2-7,10,14,16,21H,8-9H2,1H3. The van der Waals surface area contributed by atoms with Gasteiger partial charge in [-0.2, -0.15) is 5.26 Å². The van der Waals surface area contributed by atoms with Crippen molar-refractivity contribution in [2.45, 2.75) is 31.7 Å². The minimum absolute atomic E-state index is 0.417. The molecule has 0 atom stereocenters. The zero-order chi connectivity index (χ0) is 14.8. The van der Waals surface area contributed by atoms with E-state index in [1.807, 2.05) is 6.07 Å². The molecule has 0 amide bonds. The van der Waals surface area contributed by atoms with Gasteiger partial charge in [0, 0.05) is 11.1 Å². The highest BCUT2D eigenvalue weighted by Gasteiger charge is 2.31. The summed E-state index contributed by atoms with van der Waals surface area (Å²) in [6.07, 6.45) is 2.20. The summed E-state index contributed by atoms with van der Waals surface area (Å²) < 4.78 is 0. The highest BCUT2D eigenvalue weighted by atomic mass is 35.5. The summed E-state index contributed by atoms with van der Waals surface area (Å²) in [6, 6.07) is 16.5. The Morgan fingerprint density at radius 2 is 1.95 bits per heavy atom. The molecule has 1 N–H and O–H groups in total. The van der Waals surface area contributed by atoms with E-state index in [0.717, 1.165) is 18.5 Å². The van der Waals surface area contributed by atoms with Gasteiger partial charge in [0.2, 0.25) is 0 Å². The van der Waals surface area contributed by atoms with Crippen molar-refractivity contribution in [2.75, 3.05) is 5.32 Å². The normalized spacial score (nSPS) is 20.4. The Morgan fingerprint density at radius 3 is 2.67 bits per heavy atom. The van der Waals surface area contributed by atoms with Gasteiger partial charge in [-0.3, -0.25) is 0 Å². The van der Waals surface area contributed by atoms with Gasteiger partial charge in [-0.25, -0.2) is 0 Å². The minimum Gasteiger partial charge on any atom is -0.381 e. The molecule has 1 saturated carbocycles. The molecule has 3 heteroatoms. The zero-order valence-electron chi connectivity index (χ0n) is 11.9. The minimum atomic E-state index is 0.417. The van der Waals surface area contributed by atoms with Crippen LogP contribution in [0.3, 0.4) is 0 Å². The molecule has 0 saturated heterocycles. The van der Waals surface area contributed by atoms with Gasteiger partial charge in [-0.05, 0) is 55.0 Å². The second-order valence-electron chi connectivity index (χ2n) is 5.67. The topological polar surface area (TPSA) is 35.8 Å². The first-order valence-electron chi connectivity index (χ1n) is 7.19. The van der Waals surface area contributed by atoms with E-state index in [-0.39, 0.29) is 0 Å². The van der Waals surface area contributed by atoms with Gasteiger partial charge in [0.15, 0.2) is 0 Å². The Morgan fingerprint density at radius 1 is 1.19 bits per heavy atom. The molecule has 1 aliphatic rings. The smallest absolute Gasteiger partial charge is 0.101 e. The summed E-state index contributed by atoms with van der Waals surface area (Å²) >= 11 is 6.01. The number of aryl methyl sites for hydroxylation is 1. The molecule has 0 aliphatic heterocycles. The Balaban J connectivity index is 1.67. The molecule has 0 aromatic heterocycles. The lowest BCUT2D eigenvalue weighted by Gasteiger charge is -2.37. The fourth-order valence-electron chi connectivity index (χ4n) is 2.99. The molecule has 106 valence electrons. The maximum absolute atomic E-state index is 9.15. The van der Waals surface area contributed by atoms with Crippen LogP contribution >= 0.6 is 11.6 Å². The third-order valence-electron chi connectivity index (χ3n) is 4.23. The summed E-state index contributed by atoms with van der Waals surface area (Å²) in [4.78, 5) is 0. The molecule has 0 bridgehead atoms. The Hall–Kier alpha value is -1.98. The number of nitrogens with one attached hydrogen (secondary N) is 1. The first-order chi connectivity index (χ1) is 10.2. The number of hydrogen-bond donors (Lipinski definition) is 1. The number of hydrogen-bond acceptors (Lipinski definition) is 2. The largest absolute Gasteiger partial charge is 0.381 e. The predicted octanol–water partition coefficient (Wildman–Crippen LogP) is 4.88. The lowest BCUT2D eigenvalue weighted by molar-refractivity contribution is 0.373. The van der Waals surface area contributed by atoms with Crippen LogP contribution in [0.4, 0.5) is 5.69 Å². The van der Waals surface area contributed by atoms with Crippen molar-refractivity contribution in [3.8, 4) is 6.07 Å². The molecule has 1 aliphatic carbocycles. The number of nitriles is 1. The Kier molecular flexibility index (Phi) is 3.86. The molecule has 0 heterocycles. The number of anilines is 1. The molecule has 0 spiro atoms. The third-order valence-corrected chi connectivity index (χ3v) is 4.46. The van der Waals surface area contributed by atoms with Gasteiger partial charge in [0.1, 0.15) is 6.07 Å². The summed E-state index contributed by atoms with van der Waals surface area (Å²) in [7, 11) is 0. The molecule has 0 unspecified atom stereocenters. The van der Waals surface area contributed by atoms with Gasteiger partial charge < -0.3 is 5.32 Å². The Labute approximate surface area is 130 Å². The fourth-order valence-corrected chi connectivity index (χ4v) is 3.16. The van der Waals surface area contributed by atoms with Crippen LogP contribution in [0, 0.1) is 18.3 Å². The zero-order valence-corrected chi connectivity index (χ0v) is 12.7. The van der Waals surface area contributed by atoms with Crippen LogP contribution in [0.1, 0.15) is 35.4 Å². The van der Waals surface area contributed by atoms with E-state index in [4.69, 9.17) is 16.9 Å². The molecule has 3 rings (SSSR count). The van der Waals surface area contributed by atoms with Crippen LogP contribution in [0.25, 0.3) is 0 Å². The molecule has 21 heavy (non-hydrogen) atoms. The van der Waals surface area contributed by atoms with Crippen molar-refractivity contribution < 1.29 is 0 Å². The lowest BCUT2D eigenvalue weighted by atomic mass is 9.74. The maximum atomic E-state index is 9.15. The number of nitrogens with zero attached hydrogens (tertiary/aromatic N) is 1. The summed E-state index contributed by atoms with van der Waals surface area (Å²) in [6.45, 7) is 2.17. The summed E-state index contributed by atoms with van der Waals surface area (Å²) in [5.74, 6) is 0.619. The van der Waals surface area contributed by atoms with Gasteiger partial charge >= 0.3 is 0 Å². The van der Waals surface area contributed by atoms with Crippen LogP contribution in [-0.4, -0.2) is 6.04 Å². The van der Waals surface area contributed by atoms with E-state index in [1.54, 1.807) is 12.1 Å². The van der Waals surface area contributed by atoms with Crippen molar-refractivity contribution in [3.63, 3.8) is 0 Å². The molecule has 2 nitrogen and oxygen atoms in total. The second kappa shape index (κ2) is 5.79. The van der Waals surface area contributed by atoms with Crippen molar-refractivity contribution in [1.82, 2.24) is 0 Å². The second-order valence-corrected chi connectivity index (χ2v) is 6.10. The van der Waals surface area contributed by atoms with Gasteiger partial charge in [-0.15, -0.1) is 0 Å². The van der Waals surface area contributed by atoms with Crippen LogP contribution < -0.4 is 5.32 Å². The molecule has 2 aromatic carbocycles. The predicted molar refractivity (Wildman–Crippen MR) is 86.7 cm³/mol. The average molecular weight is 297 g/mol. The molecular formula is C18H17ClN2. The van der Waals surface area contributed by atoms with Crippen molar-refractivity contribution in [3.05, 3.63) is 64.2 Å². The third kappa shape index (κ3) is 2.89. The van der Waals surface area contributed by atoms with E-state index < -0.39 is 0 Å². The quantitative estimate of drug-likeness (QED) is 0.876. The number of benzene rings is 2. The Bertz CT molecular complexity index is 697. The number of rotatable bonds is 3. The maximum Gasteiger partial charge on any atom is 0.101 e. The van der Waals surface area contributed by atoms with E-state index in [2.05, 4.69) is 42.6 Å². The van der Waals surface area contributed by atoms with E-state index >= 15 is 0 Å². The van der Waals surface area contributed by atoms with Gasteiger partial charge in [0.25, 0.3) is 0 Å². The van der Waals surface area contributed by atoms with E-state index in [9.17, 15) is 0 Å². The molecule has 2 aromatic rings. The summed E-state index contributed by atoms with van der Waals surface area (Å²) in [5.41, 5.74) is 4.31. The van der Waals surface area contributed by atoms with E-state index in [0.29, 0.717) is 22.5 Å². The lowest BCUT2D eigenvalue weighted by Crippen LogP contribution is -2.34. The van der Waals surface area contributed by atoms with Crippen LogP contribution in [0.5, 0.6) is 0 Å². The molecule has 0 radical (unpaired) electrons. The fraction of sp³-hybridized carbons (Fsp3) is 0.278. The molecule has 1 fully saturated rings. The average Bonchev–Trinajstić information content (AvgIpc) is 2.44. The highest BCUT2D eigenvalue weighted by molar-refractivity contribution is 6.30. The number of halogens is 1.